The molecule has 2 heterocycles. The molecular formula is C15H28N5O14P3. The van der Waals surface area contributed by atoms with Gasteiger partial charge >= 0.3 is 23.5 Å². The molecule has 0 saturated heterocycles. The molecule has 0 amide bonds. The molecule has 5 unspecified atom stereocenters. The Kier molecular flexibility index (Phi) is 9.99. The fourth-order valence-corrected chi connectivity index (χ4v) is 6.02. The van der Waals surface area contributed by atoms with E-state index >= 15 is 0 Å². The molecule has 22 heteroatoms. The highest BCUT2D eigenvalue weighted by atomic mass is 31.3. The Morgan fingerprint density at radius 1 is 1.14 bits per heavy atom. The molecular weight excluding hydrogens is 567 g/mol. The van der Waals surface area contributed by atoms with Crippen LogP contribution >= 0.6 is 23.5 Å². The lowest BCUT2D eigenvalue weighted by atomic mass is 10.1. The van der Waals surface area contributed by atoms with Gasteiger partial charge in [0.25, 0.3) is 5.56 Å². The molecule has 8 N–H and O–H groups in total. The van der Waals surface area contributed by atoms with E-state index in [9.17, 15) is 33.4 Å². The minimum absolute atomic E-state index is 0.0503. The largest absolute Gasteiger partial charge is 0.490 e. The van der Waals surface area contributed by atoms with E-state index in [0.717, 1.165) is 7.11 Å². The van der Waals surface area contributed by atoms with Gasteiger partial charge < -0.3 is 44.5 Å². The second kappa shape index (κ2) is 11.7. The SMILES string of the molecule is COC(COP(=O)(O)OP(=O)(O)OP(=O)(O)O)C(OC(C)(C)C)C(O)Cn1cnc2c(=O)[nH]c(N)nc21. The fourth-order valence-electron chi connectivity index (χ4n) is 2.99. The maximum Gasteiger partial charge on any atom is 0.490 e. The van der Waals surface area contributed by atoms with Crippen LogP contribution in [0.2, 0.25) is 0 Å². The minimum atomic E-state index is -5.73. The zero-order chi connectivity index (χ0) is 28.4. The van der Waals surface area contributed by atoms with E-state index in [1.165, 1.54) is 10.9 Å². The molecule has 0 aliphatic rings. The Morgan fingerprint density at radius 3 is 2.30 bits per heavy atom. The van der Waals surface area contributed by atoms with Crippen molar-refractivity contribution in [2.75, 3.05) is 19.5 Å². The zero-order valence-electron chi connectivity index (χ0n) is 19.9. The third-order valence-corrected chi connectivity index (χ3v) is 8.04. The number of hydrogen-bond acceptors (Lipinski definition) is 13. The summed E-state index contributed by atoms with van der Waals surface area (Å²) < 4.78 is 58.7. The first-order chi connectivity index (χ1) is 16.7. The van der Waals surface area contributed by atoms with Crippen molar-refractivity contribution in [3.05, 3.63) is 16.7 Å². The van der Waals surface area contributed by atoms with Gasteiger partial charge in [0.15, 0.2) is 11.2 Å². The molecule has 0 fully saturated rings. The number of H-pyrrole nitrogens is 1. The summed E-state index contributed by atoms with van der Waals surface area (Å²) >= 11 is 0. The second-order valence-electron chi connectivity index (χ2n) is 8.44. The number of fused-ring (bicyclic) bond motifs is 1. The summed E-state index contributed by atoms with van der Waals surface area (Å²) in [5.41, 5.74) is 4.06. The van der Waals surface area contributed by atoms with Crippen molar-refractivity contribution < 1.29 is 61.0 Å². The number of nitrogen functional groups attached to an aromatic ring is 1. The van der Waals surface area contributed by atoms with Crippen LogP contribution in [0.15, 0.2) is 11.1 Å². The van der Waals surface area contributed by atoms with Crippen molar-refractivity contribution >= 4 is 40.6 Å². The summed E-state index contributed by atoms with van der Waals surface area (Å²) in [6.07, 6.45) is -2.85. The number of aromatic amines is 1. The van der Waals surface area contributed by atoms with Gasteiger partial charge in [0.1, 0.15) is 18.3 Å². The smallest absolute Gasteiger partial charge is 0.388 e. The Hall–Kier alpha value is -1.56. The Labute approximate surface area is 209 Å². The van der Waals surface area contributed by atoms with Crippen LogP contribution < -0.4 is 11.3 Å². The molecule has 5 atom stereocenters. The molecule has 37 heavy (non-hydrogen) atoms. The second-order valence-corrected chi connectivity index (χ2v) is 12.9. The topological polar surface area (TPSA) is 288 Å². The molecule has 0 saturated carbocycles. The van der Waals surface area contributed by atoms with E-state index in [-0.39, 0.29) is 23.7 Å². The third kappa shape index (κ3) is 9.92. The van der Waals surface area contributed by atoms with Crippen molar-refractivity contribution in [3.8, 4) is 0 Å². The van der Waals surface area contributed by atoms with Gasteiger partial charge in [0, 0.05) is 7.11 Å². The molecule has 212 valence electrons. The summed E-state index contributed by atoms with van der Waals surface area (Å²) in [6, 6.07) is 0. The molecule has 19 nitrogen and oxygen atoms in total. The zero-order valence-corrected chi connectivity index (χ0v) is 22.6. The number of nitrogens with one attached hydrogen (secondary N) is 1. The number of nitrogens with zero attached hydrogens (tertiary/aromatic N) is 3. The van der Waals surface area contributed by atoms with Gasteiger partial charge in [-0.25, -0.2) is 18.7 Å². The first-order valence-corrected chi connectivity index (χ1v) is 14.6. The number of phosphoric ester groups is 1. The first kappa shape index (κ1) is 31.7. The van der Waals surface area contributed by atoms with Gasteiger partial charge in [-0.2, -0.15) is 13.6 Å². The lowest BCUT2D eigenvalue weighted by molar-refractivity contribution is -0.171. The highest BCUT2D eigenvalue weighted by Gasteiger charge is 2.42. The van der Waals surface area contributed by atoms with Crippen LogP contribution in [0.3, 0.4) is 0 Å². The van der Waals surface area contributed by atoms with Gasteiger partial charge in [0.05, 0.1) is 25.1 Å². The van der Waals surface area contributed by atoms with E-state index < -0.39 is 59.5 Å². The highest BCUT2D eigenvalue weighted by molar-refractivity contribution is 7.66. The number of ether oxygens (including phenoxy) is 2. The Bertz CT molecular complexity index is 1290. The summed E-state index contributed by atoms with van der Waals surface area (Å²) in [7, 11) is -15.6. The minimum Gasteiger partial charge on any atom is -0.388 e. The number of imidazole rings is 1. The van der Waals surface area contributed by atoms with Crippen LogP contribution in [0.4, 0.5) is 5.95 Å². The number of rotatable bonds is 13. The van der Waals surface area contributed by atoms with E-state index in [4.69, 9.17) is 25.0 Å². The van der Waals surface area contributed by atoms with Crippen molar-refractivity contribution in [2.45, 2.75) is 51.2 Å². The molecule has 0 aliphatic carbocycles. The van der Waals surface area contributed by atoms with E-state index in [0.29, 0.717) is 0 Å². The lowest BCUT2D eigenvalue weighted by Crippen LogP contribution is -2.48. The van der Waals surface area contributed by atoms with Crippen molar-refractivity contribution in [3.63, 3.8) is 0 Å². The molecule has 2 rings (SSSR count). The standard InChI is InChI=1S/C15H28N5O14P3/c1-15(2,3)32-11(8(21)5-20-7-17-10-12(20)18-14(16)19-13(10)22)9(30-4)6-31-36(26,27)34-37(28,29)33-35(23,24)25/h7-9,11,21H,5-6H2,1-4H3,(H,26,27)(H,28,29)(H2,23,24,25)(H3,16,18,19,22). The molecule has 0 aromatic carbocycles. The van der Waals surface area contributed by atoms with Crippen LogP contribution in [-0.2, 0) is 42.9 Å². The molecule has 0 bridgehead atoms. The Morgan fingerprint density at radius 2 is 1.76 bits per heavy atom. The monoisotopic (exact) mass is 595 g/mol. The lowest BCUT2D eigenvalue weighted by Gasteiger charge is -2.35. The molecule has 2 aromatic heterocycles. The molecule has 0 radical (unpaired) electrons. The molecule has 0 aliphatic heterocycles. The maximum absolute atomic E-state index is 12.1. The first-order valence-electron chi connectivity index (χ1n) is 10.1. The van der Waals surface area contributed by atoms with Gasteiger partial charge in [-0.05, 0) is 20.8 Å². The number of aliphatic hydroxyl groups is 1. The average Bonchev–Trinajstić information content (AvgIpc) is 3.06. The summed E-state index contributed by atoms with van der Waals surface area (Å²) in [5, 5.41) is 11.0. The predicted octanol–water partition coefficient (Wildman–Crippen LogP) is -0.395. The summed E-state index contributed by atoms with van der Waals surface area (Å²) in [5.74, 6) is -0.193. The van der Waals surface area contributed by atoms with E-state index in [1.54, 1.807) is 20.8 Å². The number of aromatic nitrogens is 4. The number of anilines is 1. The highest BCUT2D eigenvalue weighted by Crippen LogP contribution is 2.66. The van der Waals surface area contributed by atoms with Gasteiger partial charge in [-0.1, -0.05) is 0 Å². The van der Waals surface area contributed by atoms with Crippen LogP contribution in [0.5, 0.6) is 0 Å². The molecule has 2 aromatic rings. The predicted molar refractivity (Wildman–Crippen MR) is 124 cm³/mol. The maximum atomic E-state index is 12.1. The third-order valence-electron chi connectivity index (χ3n) is 4.23. The van der Waals surface area contributed by atoms with Crippen molar-refractivity contribution in [2.24, 2.45) is 0 Å². The van der Waals surface area contributed by atoms with E-state index in [1.807, 2.05) is 0 Å². The van der Waals surface area contributed by atoms with Gasteiger partial charge in [-0.15, -0.1) is 0 Å². The van der Waals surface area contributed by atoms with Crippen LogP contribution in [0, 0.1) is 0 Å². The number of methoxy groups -OCH3 is 1. The van der Waals surface area contributed by atoms with Crippen molar-refractivity contribution in [1.29, 1.82) is 0 Å². The Balaban J connectivity index is 2.24. The quantitative estimate of drug-likeness (QED) is 0.145. The van der Waals surface area contributed by atoms with Crippen molar-refractivity contribution in [1.82, 2.24) is 19.5 Å². The van der Waals surface area contributed by atoms with Gasteiger partial charge in [-0.3, -0.25) is 14.3 Å². The number of hydrogen-bond donors (Lipinski definition) is 7. The number of phosphoric acid groups is 3. The van der Waals surface area contributed by atoms with Crippen LogP contribution in [0.1, 0.15) is 20.8 Å². The van der Waals surface area contributed by atoms with E-state index in [2.05, 4.69) is 28.1 Å². The molecule has 0 spiro atoms. The van der Waals surface area contributed by atoms with Crippen LogP contribution in [0.25, 0.3) is 11.2 Å². The average molecular weight is 595 g/mol. The number of aliphatic hydroxyl groups excluding tert-OH is 1. The van der Waals surface area contributed by atoms with Crippen LogP contribution in [-0.4, -0.2) is 81.8 Å². The number of nitrogens with two attached hydrogens (primary N) is 1. The summed E-state index contributed by atoms with van der Waals surface area (Å²) in [4.78, 5) is 58.5. The van der Waals surface area contributed by atoms with Gasteiger partial charge in [0.2, 0.25) is 5.95 Å². The normalized spacial score (nSPS) is 18.7. The fraction of sp³-hybridized carbons (Fsp3) is 0.667. The summed E-state index contributed by atoms with van der Waals surface area (Å²) in [6.45, 7) is 3.75.